The highest BCUT2D eigenvalue weighted by molar-refractivity contribution is 5.85. The predicted octanol–water partition coefficient (Wildman–Crippen LogP) is -1.62. The molecular weight excluding hydrogens is 222 g/mol. The molecule has 1 aromatic heterocycles. The lowest BCUT2D eigenvalue weighted by atomic mass is 10.4. The maximum Gasteiger partial charge on any atom is 0.239 e. The Kier molecular flexibility index (Phi) is 5.15. The zero-order chi connectivity index (χ0) is 12.7. The Hall–Kier alpha value is -1.89. The third kappa shape index (κ3) is 5.12. The molecule has 0 atom stereocenters. The van der Waals surface area contributed by atoms with Crippen molar-refractivity contribution in [3.8, 4) is 0 Å². The standard InChI is InChI=1S/C10H17N5O2/c1-8-5-14-15(7-8)3-2-12-10(17)6-13-9(16)4-11/h5,7H,2-4,6,11H2,1H3,(H,12,17)(H,13,16). The van der Waals surface area contributed by atoms with Gasteiger partial charge in [-0.1, -0.05) is 0 Å². The minimum atomic E-state index is -0.345. The van der Waals surface area contributed by atoms with Crippen LogP contribution in [0.3, 0.4) is 0 Å². The Morgan fingerprint density at radius 1 is 1.41 bits per heavy atom. The highest BCUT2D eigenvalue weighted by Crippen LogP contribution is 1.92. The van der Waals surface area contributed by atoms with E-state index in [1.54, 1.807) is 10.9 Å². The van der Waals surface area contributed by atoms with E-state index in [4.69, 9.17) is 5.73 Å². The molecule has 17 heavy (non-hydrogen) atoms. The van der Waals surface area contributed by atoms with Crippen LogP contribution >= 0.6 is 0 Å². The normalized spacial score (nSPS) is 10.0. The highest BCUT2D eigenvalue weighted by atomic mass is 16.2. The van der Waals surface area contributed by atoms with Gasteiger partial charge < -0.3 is 16.4 Å². The topological polar surface area (TPSA) is 102 Å². The lowest BCUT2D eigenvalue weighted by Crippen LogP contribution is -2.40. The van der Waals surface area contributed by atoms with Crippen LogP contribution < -0.4 is 16.4 Å². The van der Waals surface area contributed by atoms with Crippen molar-refractivity contribution in [1.29, 1.82) is 0 Å². The average Bonchev–Trinajstić information content (AvgIpc) is 2.72. The zero-order valence-electron chi connectivity index (χ0n) is 9.77. The summed E-state index contributed by atoms with van der Waals surface area (Å²) in [6.45, 7) is 2.86. The second-order valence-electron chi connectivity index (χ2n) is 3.61. The first-order chi connectivity index (χ1) is 8.11. The molecule has 0 fully saturated rings. The van der Waals surface area contributed by atoms with Gasteiger partial charge in [-0.2, -0.15) is 5.10 Å². The summed E-state index contributed by atoms with van der Waals surface area (Å²) in [6.07, 6.45) is 3.64. The minimum absolute atomic E-state index is 0.0475. The van der Waals surface area contributed by atoms with Crippen molar-refractivity contribution in [3.63, 3.8) is 0 Å². The van der Waals surface area contributed by atoms with Gasteiger partial charge >= 0.3 is 0 Å². The fraction of sp³-hybridized carbons (Fsp3) is 0.500. The Morgan fingerprint density at radius 3 is 2.76 bits per heavy atom. The van der Waals surface area contributed by atoms with Gasteiger partial charge in [0.05, 0.1) is 25.8 Å². The highest BCUT2D eigenvalue weighted by Gasteiger charge is 2.03. The van der Waals surface area contributed by atoms with Crippen molar-refractivity contribution in [1.82, 2.24) is 20.4 Å². The van der Waals surface area contributed by atoms with Crippen LogP contribution in [0.1, 0.15) is 5.56 Å². The van der Waals surface area contributed by atoms with Crippen LogP contribution in [0.5, 0.6) is 0 Å². The summed E-state index contributed by atoms with van der Waals surface area (Å²) >= 11 is 0. The summed E-state index contributed by atoms with van der Waals surface area (Å²) in [5.74, 6) is -0.585. The Morgan fingerprint density at radius 2 is 2.18 bits per heavy atom. The second-order valence-corrected chi connectivity index (χ2v) is 3.61. The molecule has 0 saturated heterocycles. The van der Waals surface area contributed by atoms with Crippen molar-refractivity contribution in [2.24, 2.45) is 5.73 Å². The van der Waals surface area contributed by atoms with Gasteiger partial charge in [-0.05, 0) is 12.5 Å². The molecule has 94 valence electrons. The summed E-state index contributed by atoms with van der Waals surface area (Å²) in [7, 11) is 0. The van der Waals surface area contributed by atoms with E-state index in [1.165, 1.54) is 0 Å². The predicted molar refractivity (Wildman–Crippen MR) is 62.0 cm³/mol. The third-order valence-corrected chi connectivity index (χ3v) is 2.06. The number of nitrogens with two attached hydrogens (primary N) is 1. The van der Waals surface area contributed by atoms with Crippen molar-refractivity contribution in [2.75, 3.05) is 19.6 Å². The monoisotopic (exact) mass is 239 g/mol. The van der Waals surface area contributed by atoms with Crippen LogP contribution in [0.4, 0.5) is 0 Å². The second kappa shape index (κ2) is 6.64. The molecule has 2 amide bonds. The fourth-order valence-electron chi connectivity index (χ4n) is 1.21. The number of nitrogens with one attached hydrogen (secondary N) is 2. The first-order valence-corrected chi connectivity index (χ1v) is 5.34. The molecule has 7 nitrogen and oxygen atoms in total. The molecule has 0 bridgehead atoms. The number of aryl methyl sites for hydroxylation is 1. The first-order valence-electron chi connectivity index (χ1n) is 5.34. The van der Waals surface area contributed by atoms with E-state index in [9.17, 15) is 9.59 Å². The molecule has 1 aromatic rings. The Balaban J connectivity index is 2.14. The van der Waals surface area contributed by atoms with Crippen LogP contribution in [0, 0.1) is 6.92 Å². The Labute approximate surface area is 99.4 Å². The van der Waals surface area contributed by atoms with Gasteiger partial charge in [0.25, 0.3) is 0 Å². The van der Waals surface area contributed by atoms with Gasteiger partial charge in [0, 0.05) is 12.7 Å². The van der Waals surface area contributed by atoms with E-state index >= 15 is 0 Å². The average molecular weight is 239 g/mol. The van der Waals surface area contributed by atoms with E-state index in [0.717, 1.165) is 5.56 Å². The smallest absolute Gasteiger partial charge is 0.239 e. The van der Waals surface area contributed by atoms with Crippen molar-refractivity contribution in [2.45, 2.75) is 13.5 Å². The van der Waals surface area contributed by atoms with Crippen LogP contribution in [-0.4, -0.2) is 41.2 Å². The number of rotatable bonds is 6. The molecule has 0 aromatic carbocycles. The maximum atomic E-state index is 11.3. The van der Waals surface area contributed by atoms with Gasteiger partial charge in [0.2, 0.25) is 11.8 Å². The number of aromatic nitrogens is 2. The van der Waals surface area contributed by atoms with Crippen molar-refractivity contribution >= 4 is 11.8 Å². The van der Waals surface area contributed by atoms with E-state index in [0.29, 0.717) is 13.1 Å². The van der Waals surface area contributed by atoms with Crippen LogP contribution in [0.2, 0.25) is 0 Å². The number of carbonyl (C=O) groups is 2. The SMILES string of the molecule is Cc1cnn(CCNC(=O)CNC(=O)CN)c1. The van der Waals surface area contributed by atoms with Crippen molar-refractivity contribution in [3.05, 3.63) is 18.0 Å². The number of hydrogen-bond acceptors (Lipinski definition) is 4. The molecule has 0 aliphatic rings. The molecule has 1 rings (SSSR count). The van der Waals surface area contributed by atoms with Crippen LogP contribution in [-0.2, 0) is 16.1 Å². The molecule has 0 unspecified atom stereocenters. The maximum absolute atomic E-state index is 11.3. The molecule has 0 aliphatic carbocycles. The number of nitrogens with zero attached hydrogens (tertiary/aromatic N) is 2. The molecule has 7 heteroatoms. The van der Waals surface area contributed by atoms with E-state index in [1.807, 2.05) is 13.1 Å². The molecule has 0 saturated carbocycles. The number of carbonyl (C=O) groups excluding carboxylic acids is 2. The van der Waals surface area contributed by atoms with Gasteiger partial charge in [-0.3, -0.25) is 14.3 Å². The third-order valence-electron chi connectivity index (χ3n) is 2.06. The van der Waals surface area contributed by atoms with E-state index in [2.05, 4.69) is 15.7 Å². The van der Waals surface area contributed by atoms with Gasteiger partial charge in [0.1, 0.15) is 0 Å². The molecule has 0 spiro atoms. The van der Waals surface area contributed by atoms with Gasteiger partial charge in [-0.15, -0.1) is 0 Å². The molecule has 1 heterocycles. The van der Waals surface area contributed by atoms with Gasteiger partial charge in [0.15, 0.2) is 0 Å². The molecular formula is C10H17N5O2. The quantitative estimate of drug-likeness (QED) is 0.555. The zero-order valence-corrected chi connectivity index (χ0v) is 9.77. The summed E-state index contributed by atoms with van der Waals surface area (Å²) in [4.78, 5) is 22.0. The number of hydrogen-bond donors (Lipinski definition) is 3. The Bertz CT molecular complexity index is 388. The van der Waals surface area contributed by atoms with Crippen LogP contribution in [0.15, 0.2) is 12.4 Å². The summed E-state index contributed by atoms with van der Waals surface area (Å²) < 4.78 is 1.74. The lowest BCUT2D eigenvalue weighted by molar-refractivity contribution is -0.125. The van der Waals surface area contributed by atoms with Gasteiger partial charge in [-0.25, -0.2) is 0 Å². The number of amides is 2. The van der Waals surface area contributed by atoms with Crippen molar-refractivity contribution < 1.29 is 9.59 Å². The molecule has 0 aliphatic heterocycles. The summed E-state index contributed by atoms with van der Waals surface area (Å²) in [6, 6.07) is 0. The largest absolute Gasteiger partial charge is 0.353 e. The fourth-order valence-corrected chi connectivity index (χ4v) is 1.21. The summed E-state index contributed by atoms with van der Waals surface area (Å²) in [5, 5.41) is 9.13. The van der Waals surface area contributed by atoms with E-state index in [-0.39, 0.29) is 24.9 Å². The minimum Gasteiger partial charge on any atom is -0.353 e. The first kappa shape index (κ1) is 13.2. The van der Waals surface area contributed by atoms with E-state index < -0.39 is 0 Å². The summed E-state index contributed by atoms with van der Waals surface area (Å²) in [5.41, 5.74) is 6.16. The van der Waals surface area contributed by atoms with Crippen LogP contribution in [0.25, 0.3) is 0 Å². The molecule has 4 N–H and O–H groups in total. The molecule has 0 radical (unpaired) electrons. The lowest BCUT2D eigenvalue weighted by Gasteiger charge is -2.06.